The highest BCUT2D eigenvalue weighted by Gasteiger charge is 2.52. The fourth-order valence-electron chi connectivity index (χ4n) is 3.74. The van der Waals surface area contributed by atoms with Crippen molar-refractivity contribution in [3.8, 4) is 0 Å². The number of nitrogens with zero attached hydrogens (tertiary/aromatic N) is 2. The summed E-state index contributed by atoms with van der Waals surface area (Å²) in [6, 6.07) is 0.352. The lowest BCUT2D eigenvalue weighted by atomic mass is 9.84. The van der Waals surface area contributed by atoms with E-state index in [9.17, 15) is 4.79 Å². The zero-order valence-electron chi connectivity index (χ0n) is 13.7. The largest absolute Gasteiger partial charge is 0.444 e. The molecule has 3 rings (SSSR count). The molecule has 2 aliphatic rings. The third-order valence-corrected chi connectivity index (χ3v) is 5.23. The average molecular weight is 324 g/mol. The van der Waals surface area contributed by atoms with Crippen LogP contribution in [0.4, 0.5) is 4.79 Å². The van der Waals surface area contributed by atoms with E-state index in [0.29, 0.717) is 0 Å². The van der Waals surface area contributed by atoms with Gasteiger partial charge in [-0.1, -0.05) is 0 Å². The second-order valence-corrected chi connectivity index (χ2v) is 7.97. The third kappa shape index (κ3) is 2.74. The van der Waals surface area contributed by atoms with Crippen LogP contribution in [0, 0.1) is 0 Å². The first-order valence-corrected chi connectivity index (χ1v) is 8.74. The Morgan fingerprint density at radius 3 is 2.45 bits per heavy atom. The number of thiazole rings is 1. The van der Waals surface area contributed by atoms with Crippen LogP contribution in [0.15, 0.2) is 10.9 Å². The van der Waals surface area contributed by atoms with E-state index >= 15 is 0 Å². The molecule has 0 aliphatic carbocycles. The Labute approximate surface area is 135 Å². The van der Waals surface area contributed by atoms with Crippen LogP contribution in [0.1, 0.15) is 52.1 Å². The Bertz CT molecular complexity index is 524. The number of ether oxygens (including phenoxy) is 2. The maximum Gasteiger partial charge on any atom is 0.410 e. The fraction of sp³-hybridized carbons (Fsp3) is 0.750. The van der Waals surface area contributed by atoms with Crippen molar-refractivity contribution in [2.24, 2.45) is 0 Å². The summed E-state index contributed by atoms with van der Waals surface area (Å²) < 4.78 is 11.5. The third-order valence-electron chi connectivity index (χ3n) is 4.64. The topological polar surface area (TPSA) is 51.7 Å². The molecule has 122 valence electrons. The molecule has 2 fully saturated rings. The van der Waals surface area contributed by atoms with Crippen molar-refractivity contribution < 1.29 is 14.3 Å². The second kappa shape index (κ2) is 5.49. The van der Waals surface area contributed by atoms with E-state index < -0.39 is 5.60 Å². The van der Waals surface area contributed by atoms with Gasteiger partial charge in [0.1, 0.15) is 11.2 Å². The van der Waals surface area contributed by atoms with Crippen LogP contribution in [-0.4, -0.2) is 40.8 Å². The van der Waals surface area contributed by atoms with Gasteiger partial charge in [-0.2, -0.15) is 0 Å². The molecule has 22 heavy (non-hydrogen) atoms. The molecule has 1 aromatic heterocycles. The number of hydrogen-bond donors (Lipinski definition) is 0. The van der Waals surface area contributed by atoms with Crippen molar-refractivity contribution in [3.05, 3.63) is 16.6 Å². The van der Waals surface area contributed by atoms with Crippen molar-refractivity contribution in [1.29, 1.82) is 0 Å². The first kappa shape index (κ1) is 15.7. The Balaban J connectivity index is 1.81. The molecule has 2 bridgehead atoms. The van der Waals surface area contributed by atoms with E-state index in [0.717, 1.165) is 31.4 Å². The van der Waals surface area contributed by atoms with Crippen LogP contribution in [0.3, 0.4) is 0 Å². The summed E-state index contributed by atoms with van der Waals surface area (Å²) in [5.74, 6) is 0. The number of carbonyl (C=O) groups is 1. The predicted molar refractivity (Wildman–Crippen MR) is 84.9 cm³/mol. The zero-order valence-corrected chi connectivity index (χ0v) is 14.5. The van der Waals surface area contributed by atoms with Crippen LogP contribution in [-0.2, 0) is 15.1 Å². The average Bonchev–Trinajstić information content (AvgIpc) is 3.04. The number of methoxy groups -OCH3 is 1. The van der Waals surface area contributed by atoms with Crippen LogP contribution in [0.25, 0.3) is 0 Å². The molecule has 2 saturated heterocycles. The van der Waals surface area contributed by atoms with Gasteiger partial charge in [0.2, 0.25) is 0 Å². The number of hydrogen-bond acceptors (Lipinski definition) is 5. The van der Waals surface area contributed by atoms with Gasteiger partial charge < -0.3 is 14.4 Å². The van der Waals surface area contributed by atoms with Gasteiger partial charge in [-0.15, -0.1) is 11.3 Å². The second-order valence-electron chi connectivity index (χ2n) is 7.25. The smallest absolute Gasteiger partial charge is 0.410 e. The molecule has 1 amide bonds. The number of piperidine rings is 1. The Morgan fingerprint density at radius 1 is 1.36 bits per heavy atom. The maximum atomic E-state index is 12.5. The fourth-order valence-corrected chi connectivity index (χ4v) is 4.38. The lowest BCUT2D eigenvalue weighted by molar-refractivity contribution is -0.0897. The minimum absolute atomic E-state index is 0.176. The van der Waals surface area contributed by atoms with Gasteiger partial charge in [0.15, 0.2) is 0 Å². The molecule has 0 spiro atoms. The van der Waals surface area contributed by atoms with Gasteiger partial charge in [0, 0.05) is 37.4 Å². The molecule has 3 heterocycles. The summed E-state index contributed by atoms with van der Waals surface area (Å²) in [6.07, 6.45) is 3.42. The quantitative estimate of drug-likeness (QED) is 0.835. The van der Waals surface area contributed by atoms with Gasteiger partial charge in [-0.05, 0) is 33.6 Å². The molecule has 5 nitrogen and oxygen atoms in total. The van der Waals surface area contributed by atoms with Gasteiger partial charge in [-0.25, -0.2) is 9.78 Å². The summed E-state index contributed by atoms with van der Waals surface area (Å²) in [4.78, 5) is 18.9. The van der Waals surface area contributed by atoms with E-state index in [4.69, 9.17) is 9.47 Å². The van der Waals surface area contributed by atoms with Crippen molar-refractivity contribution in [1.82, 2.24) is 9.88 Å². The molecule has 2 unspecified atom stereocenters. The minimum Gasteiger partial charge on any atom is -0.444 e. The highest BCUT2D eigenvalue weighted by Crippen LogP contribution is 2.47. The van der Waals surface area contributed by atoms with Crippen molar-refractivity contribution in [3.63, 3.8) is 0 Å². The highest BCUT2D eigenvalue weighted by molar-refractivity contribution is 7.07. The SMILES string of the molecule is COC1(c2cscn2)CC2CCC(C1)N2C(=O)OC(C)(C)C. The van der Waals surface area contributed by atoms with Crippen molar-refractivity contribution in [2.75, 3.05) is 7.11 Å². The molecular formula is C16H24N2O3S. The maximum absolute atomic E-state index is 12.5. The predicted octanol–water partition coefficient (Wildman–Crippen LogP) is 3.55. The molecule has 2 atom stereocenters. The van der Waals surface area contributed by atoms with E-state index in [1.807, 2.05) is 31.2 Å². The van der Waals surface area contributed by atoms with Crippen LogP contribution in [0.5, 0.6) is 0 Å². The van der Waals surface area contributed by atoms with Crippen LogP contribution in [0.2, 0.25) is 0 Å². The molecule has 0 radical (unpaired) electrons. The number of amides is 1. The highest BCUT2D eigenvalue weighted by atomic mass is 32.1. The summed E-state index contributed by atoms with van der Waals surface area (Å²) in [7, 11) is 1.75. The van der Waals surface area contributed by atoms with Gasteiger partial charge in [0.25, 0.3) is 0 Å². The molecule has 0 N–H and O–H groups in total. The molecule has 2 aliphatic heterocycles. The van der Waals surface area contributed by atoms with Gasteiger partial charge >= 0.3 is 6.09 Å². The molecule has 0 aromatic carbocycles. The lowest BCUT2D eigenvalue weighted by Gasteiger charge is -2.45. The van der Waals surface area contributed by atoms with Gasteiger partial charge in [0.05, 0.1) is 11.2 Å². The number of rotatable bonds is 2. The monoisotopic (exact) mass is 324 g/mol. The zero-order chi connectivity index (χ0) is 16.0. The lowest BCUT2D eigenvalue weighted by Crippen LogP contribution is -2.53. The Hall–Kier alpha value is -1.14. The molecular weight excluding hydrogens is 300 g/mol. The standard InChI is InChI=1S/C16H24N2O3S/c1-15(2,3)21-14(19)18-11-5-6-12(18)8-16(7-11,20-4)13-9-22-10-17-13/h9-12H,5-8H2,1-4H3. The summed E-state index contributed by atoms with van der Waals surface area (Å²) in [5, 5.41) is 2.06. The van der Waals surface area contributed by atoms with Crippen molar-refractivity contribution >= 4 is 17.4 Å². The van der Waals surface area contributed by atoms with Crippen LogP contribution < -0.4 is 0 Å². The number of carbonyl (C=O) groups excluding carboxylic acids is 1. The molecule has 0 saturated carbocycles. The van der Waals surface area contributed by atoms with E-state index in [1.165, 1.54) is 0 Å². The first-order chi connectivity index (χ1) is 10.3. The van der Waals surface area contributed by atoms with E-state index in [2.05, 4.69) is 10.4 Å². The normalized spacial score (nSPS) is 31.4. The summed E-state index contributed by atoms with van der Waals surface area (Å²) in [5.41, 5.74) is 2.03. The van der Waals surface area contributed by atoms with Gasteiger partial charge in [-0.3, -0.25) is 0 Å². The summed E-state index contributed by atoms with van der Waals surface area (Å²) >= 11 is 1.59. The first-order valence-electron chi connectivity index (χ1n) is 7.80. The van der Waals surface area contributed by atoms with Crippen molar-refractivity contribution in [2.45, 2.75) is 69.7 Å². The molecule has 1 aromatic rings. The van der Waals surface area contributed by atoms with Crippen LogP contribution >= 0.6 is 11.3 Å². The van der Waals surface area contributed by atoms with E-state index in [-0.39, 0.29) is 23.8 Å². The summed E-state index contributed by atoms with van der Waals surface area (Å²) in [6.45, 7) is 5.72. The minimum atomic E-state index is -0.457. The number of fused-ring (bicyclic) bond motifs is 2. The van der Waals surface area contributed by atoms with E-state index in [1.54, 1.807) is 18.4 Å². The Morgan fingerprint density at radius 2 is 2.00 bits per heavy atom. The Kier molecular flexibility index (Phi) is 3.93. The number of aromatic nitrogens is 1. The molecule has 6 heteroatoms.